The van der Waals surface area contributed by atoms with Gasteiger partial charge in [0.15, 0.2) is 12.3 Å². The lowest BCUT2D eigenvalue weighted by atomic mass is 9.42. The van der Waals surface area contributed by atoms with Gasteiger partial charge in [0, 0.05) is 6.08 Å². The average Bonchev–Trinajstić information content (AvgIpc) is 2.58. The molecule has 0 heterocycles. The predicted octanol–water partition coefficient (Wildman–Crippen LogP) is 3.84. The van der Waals surface area contributed by atoms with Crippen molar-refractivity contribution in [3.8, 4) is 0 Å². The summed E-state index contributed by atoms with van der Waals surface area (Å²) in [4.78, 5) is 11.1. The third-order valence-electron chi connectivity index (χ3n) is 5.50. The first-order valence-electron chi connectivity index (χ1n) is 6.98. The van der Waals surface area contributed by atoms with Crippen LogP contribution in [0.2, 0.25) is 0 Å². The second-order valence-corrected chi connectivity index (χ2v) is 6.52. The Balaban J connectivity index is 2.57. The van der Waals surface area contributed by atoms with Gasteiger partial charge in [-0.3, -0.25) is 0 Å². The van der Waals surface area contributed by atoms with Gasteiger partial charge in [0.1, 0.15) is 0 Å². The van der Waals surface area contributed by atoms with Crippen molar-refractivity contribution in [1.82, 2.24) is 0 Å². The third kappa shape index (κ3) is 1.29. The van der Waals surface area contributed by atoms with Gasteiger partial charge in [-0.15, -0.1) is 0 Å². The fraction of sp³-hybridized carbons (Fsp3) is 0.769. The average molecular weight is 440 g/mol. The molecular formula is C13H5F13O2. The highest BCUT2D eigenvalue weighted by Gasteiger charge is 3.16. The van der Waals surface area contributed by atoms with Crippen LogP contribution in [0.5, 0.6) is 0 Å². The van der Waals surface area contributed by atoms with Crippen molar-refractivity contribution in [2.75, 3.05) is 0 Å². The van der Waals surface area contributed by atoms with Crippen molar-refractivity contribution in [3.05, 3.63) is 12.7 Å². The Hall–Kier alpha value is -1.70. The smallest absolute Gasteiger partial charge is 0.338 e. The highest BCUT2D eigenvalue weighted by molar-refractivity contribution is 5.82. The first kappa shape index (κ1) is 21.0. The molecule has 4 aliphatic rings. The van der Waals surface area contributed by atoms with Crippen LogP contribution in [0, 0.1) is 0 Å². The molecule has 4 bridgehead atoms. The lowest BCUT2D eigenvalue weighted by Crippen LogP contribution is -3.05. The number of hydrogen-bond donors (Lipinski definition) is 0. The van der Waals surface area contributed by atoms with Crippen molar-refractivity contribution in [1.29, 1.82) is 0 Å². The predicted molar refractivity (Wildman–Crippen MR) is 60.1 cm³/mol. The van der Waals surface area contributed by atoms with Gasteiger partial charge in [-0.2, -0.15) is 35.1 Å². The van der Waals surface area contributed by atoms with E-state index >= 15 is 0 Å². The minimum atomic E-state index is -7.31. The molecule has 0 amide bonds. The maximum atomic E-state index is 14.6. The summed E-state index contributed by atoms with van der Waals surface area (Å²) in [6.07, 6.45) is -11.0. The number of carbonyl (C=O) groups is 1. The number of hydrogen-bond acceptors (Lipinski definition) is 2. The second-order valence-electron chi connectivity index (χ2n) is 6.52. The lowest BCUT2D eigenvalue weighted by molar-refractivity contribution is -0.557. The second kappa shape index (κ2) is 4.55. The van der Waals surface area contributed by atoms with Crippen LogP contribution >= 0.6 is 0 Å². The van der Waals surface area contributed by atoms with Gasteiger partial charge in [0.2, 0.25) is 5.60 Å². The van der Waals surface area contributed by atoms with Crippen LogP contribution in [0.4, 0.5) is 57.1 Å². The summed E-state index contributed by atoms with van der Waals surface area (Å²) in [6.45, 7) is 2.50. The molecule has 2 nitrogen and oxygen atoms in total. The largest absolute Gasteiger partial charge is 0.443 e. The van der Waals surface area contributed by atoms with Gasteiger partial charge in [-0.25, -0.2) is 26.7 Å². The molecule has 4 saturated carbocycles. The molecule has 4 atom stereocenters. The fourth-order valence-corrected chi connectivity index (χ4v) is 4.07. The van der Waals surface area contributed by atoms with Crippen LogP contribution < -0.4 is 0 Å². The number of rotatable bonds is 2. The molecule has 0 aromatic carbocycles. The quantitative estimate of drug-likeness (QED) is 0.371. The van der Waals surface area contributed by atoms with Gasteiger partial charge < -0.3 is 4.74 Å². The van der Waals surface area contributed by atoms with Crippen molar-refractivity contribution >= 4 is 5.97 Å². The number of esters is 1. The first-order valence-corrected chi connectivity index (χ1v) is 6.98. The topological polar surface area (TPSA) is 26.3 Å². The Morgan fingerprint density at radius 2 is 1.07 bits per heavy atom. The number of alkyl halides is 13. The molecule has 15 heteroatoms. The zero-order valence-electron chi connectivity index (χ0n) is 12.7. The molecule has 0 saturated heterocycles. The van der Waals surface area contributed by atoms with Crippen molar-refractivity contribution < 1.29 is 66.6 Å². The summed E-state index contributed by atoms with van der Waals surface area (Å²) in [6, 6.07) is 0. The van der Waals surface area contributed by atoms with E-state index in [1.54, 1.807) is 0 Å². The molecule has 0 aromatic rings. The fourth-order valence-electron chi connectivity index (χ4n) is 4.07. The summed E-state index contributed by atoms with van der Waals surface area (Å²) in [5, 5.41) is 0. The van der Waals surface area contributed by atoms with E-state index < -0.39 is 64.6 Å². The Kier molecular flexibility index (Phi) is 3.42. The Labute approximate surface area is 145 Å². The summed E-state index contributed by atoms with van der Waals surface area (Å²) in [5.74, 6) is -31.1. The normalized spacial score (nSPS) is 51.6. The van der Waals surface area contributed by atoms with Crippen LogP contribution in [0.25, 0.3) is 0 Å². The molecule has 0 aliphatic heterocycles. The van der Waals surface area contributed by atoms with Gasteiger partial charge in [-0.1, -0.05) is 6.58 Å². The molecule has 0 N–H and O–H groups in total. The molecule has 4 fully saturated rings. The van der Waals surface area contributed by atoms with Gasteiger partial charge in [-0.05, 0) is 0 Å². The Morgan fingerprint density at radius 1 is 0.714 bits per heavy atom. The van der Waals surface area contributed by atoms with Crippen molar-refractivity contribution in [3.63, 3.8) is 0 Å². The summed E-state index contributed by atoms with van der Waals surface area (Å²) in [7, 11) is 0. The van der Waals surface area contributed by atoms with E-state index in [0.717, 1.165) is 0 Å². The van der Waals surface area contributed by atoms with Gasteiger partial charge >= 0.3 is 35.3 Å². The van der Waals surface area contributed by atoms with E-state index in [0.29, 0.717) is 0 Å². The molecule has 4 rings (SSSR count). The zero-order chi connectivity index (χ0) is 22.1. The van der Waals surface area contributed by atoms with Crippen molar-refractivity contribution in [2.45, 2.75) is 58.6 Å². The van der Waals surface area contributed by atoms with Crippen LogP contribution in [-0.4, -0.2) is 64.6 Å². The van der Waals surface area contributed by atoms with Gasteiger partial charge in [0.05, 0.1) is 0 Å². The molecule has 28 heavy (non-hydrogen) atoms. The van der Waals surface area contributed by atoms with E-state index in [9.17, 15) is 61.9 Å². The van der Waals surface area contributed by atoms with E-state index in [4.69, 9.17) is 0 Å². The van der Waals surface area contributed by atoms with E-state index in [1.807, 2.05) is 0 Å². The highest BCUT2D eigenvalue weighted by Crippen LogP contribution is 2.83. The van der Waals surface area contributed by atoms with Crippen LogP contribution in [-0.2, 0) is 9.53 Å². The number of carbonyl (C=O) groups excluding carboxylic acids is 1. The molecule has 0 spiro atoms. The molecule has 4 unspecified atom stereocenters. The van der Waals surface area contributed by atoms with Crippen LogP contribution in [0.3, 0.4) is 0 Å². The van der Waals surface area contributed by atoms with Crippen molar-refractivity contribution in [2.24, 2.45) is 0 Å². The molecule has 0 radical (unpaired) electrons. The highest BCUT2D eigenvalue weighted by atomic mass is 19.3. The number of ether oxygens (including phenoxy) is 1. The maximum absolute atomic E-state index is 14.6. The van der Waals surface area contributed by atoms with Crippen LogP contribution in [0.15, 0.2) is 12.7 Å². The minimum Gasteiger partial charge on any atom is -0.443 e. The monoisotopic (exact) mass is 440 g/mol. The lowest BCUT2D eigenvalue weighted by Gasteiger charge is -2.72. The molecule has 160 valence electrons. The molecular weight excluding hydrogens is 435 g/mol. The first-order chi connectivity index (χ1) is 12.3. The van der Waals surface area contributed by atoms with E-state index in [2.05, 4.69) is 11.3 Å². The summed E-state index contributed by atoms with van der Waals surface area (Å²) in [5.41, 5.74) is -26.6. The summed E-state index contributed by atoms with van der Waals surface area (Å²) >= 11 is 0. The van der Waals surface area contributed by atoms with E-state index in [1.165, 1.54) is 0 Å². The van der Waals surface area contributed by atoms with Gasteiger partial charge in [0.25, 0.3) is 11.3 Å². The Bertz CT molecular complexity index is 740. The number of halogens is 13. The molecule has 4 aliphatic carbocycles. The minimum absolute atomic E-state index is 0.247. The summed E-state index contributed by atoms with van der Waals surface area (Å²) < 4.78 is 189. The SMILES string of the molecule is C=CC(=O)OC12C(F)C3(F)C(F)(F)C(F)(C1F)C(F)(F)C(F)(C2(F)F)C3(F)F. The Morgan fingerprint density at radius 3 is 1.39 bits per heavy atom. The van der Waals surface area contributed by atoms with Crippen LogP contribution in [0.1, 0.15) is 0 Å². The molecule has 0 aromatic heterocycles. The van der Waals surface area contributed by atoms with E-state index in [-0.39, 0.29) is 6.08 Å². The maximum Gasteiger partial charge on any atom is 0.338 e. The third-order valence-corrected chi connectivity index (χ3v) is 5.50. The zero-order valence-corrected chi connectivity index (χ0v) is 12.7. The standard InChI is InChI=1S/C13H5F13O2/c1-2-3(27)28-6-4(14)7(16)11(21,22)8(17,5(6)15)13(25,26)9(18,10(6,19)20)12(7,23)24/h2,4-5H,1H2.